The van der Waals surface area contributed by atoms with Gasteiger partial charge in [0.05, 0.1) is 48.3 Å². The lowest BCUT2D eigenvalue weighted by molar-refractivity contribution is -0.323. The minimum atomic E-state index is -2.56. The van der Waals surface area contributed by atoms with Gasteiger partial charge in [0.2, 0.25) is 0 Å². The average molecular weight is 483 g/mol. The van der Waals surface area contributed by atoms with Crippen molar-refractivity contribution in [3.63, 3.8) is 0 Å². The highest BCUT2D eigenvalue weighted by molar-refractivity contribution is 6.73. The van der Waals surface area contributed by atoms with Crippen LogP contribution in [0.3, 0.4) is 0 Å². The van der Waals surface area contributed by atoms with Crippen molar-refractivity contribution in [1.82, 2.24) is 0 Å². The highest BCUT2D eigenvalue weighted by Gasteiger charge is 2.65. The maximum Gasteiger partial charge on any atom is 0.349 e. The number of ether oxygens (including phenoxy) is 3. The third-order valence-corrected chi connectivity index (χ3v) is 13.5. The maximum atomic E-state index is 10.7. The van der Waals surface area contributed by atoms with E-state index in [-0.39, 0.29) is 40.6 Å². The Morgan fingerprint density at radius 2 is 1.61 bits per heavy atom. The second-order valence-electron chi connectivity index (χ2n) is 13.2. The molecule has 6 nitrogen and oxygen atoms in total. The highest BCUT2D eigenvalue weighted by atomic mass is 28.4. The van der Waals surface area contributed by atoms with Crippen LogP contribution in [0, 0.1) is 0 Å². The van der Waals surface area contributed by atoms with E-state index in [9.17, 15) is 5.11 Å². The van der Waals surface area contributed by atoms with Crippen molar-refractivity contribution >= 4 is 8.56 Å². The molecule has 0 bridgehead atoms. The number of hydrogen-bond acceptors (Lipinski definition) is 6. The topological polar surface area (TPSA) is 66.4 Å². The predicted molar refractivity (Wildman–Crippen MR) is 131 cm³/mol. The quantitative estimate of drug-likeness (QED) is 0.440. The Labute approximate surface area is 201 Å². The van der Waals surface area contributed by atoms with E-state index in [1.807, 2.05) is 6.08 Å². The van der Waals surface area contributed by atoms with Crippen molar-refractivity contribution in [2.75, 3.05) is 6.61 Å². The van der Waals surface area contributed by atoms with Crippen LogP contribution in [0.4, 0.5) is 0 Å². The molecule has 4 heterocycles. The molecule has 1 N–H and O–H groups in total. The molecule has 0 spiro atoms. The van der Waals surface area contributed by atoms with Crippen LogP contribution < -0.4 is 0 Å². The monoisotopic (exact) mass is 482 g/mol. The first kappa shape index (κ1) is 25.8. The molecule has 4 fully saturated rings. The molecule has 4 aliphatic heterocycles. The molecule has 0 saturated carbocycles. The Kier molecular flexibility index (Phi) is 6.56. The standard InChI is InChI=1S/C26H46O6Si/c1-10-11-18-17(27)12-13-21-25(8,30-18)16-26(9)22(29-21)14-19-20(31-26)15-28-33(32-19,23(2,3)4)24(5,6)7/h10,17-22,27H,1,11-16H2,2-9H3/t17?,18?,19-,20+,21-,22+,25+,26-/m1/s1. The van der Waals surface area contributed by atoms with Crippen LogP contribution in [0.5, 0.6) is 0 Å². The molecule has 0 aromatic heterocycles. The number of rotatable bonds is 2. The molecular weight excluding hydrogens is 436 g/mol. The Balaban J connectivity index is 1.57. The summed E-state index contributed by atoms with van der Waals surface area (Å²) in [6.07, 6.45) is 4.37. The Morgan fingerprint density at radius 3 is 2.21 bits per heavy atom. The summed E-state index contributed by atoms with van der Waals surface area (Å²) in [6.45, 7) is 22.1. The summed E-state index contributed by atoms with van der Waals surface area (Å²) in [6, 6.07) is 0. The van der Waals surface area contributed by atoms with Gasteiger partial charge in [-0.2, -0.15) is 0 Å². The van der Waals surface area contributed by atoms with Crippen LogP contribution in [-0.4, -0.2) is 68.1 Å². The first-order valence-corrected chi connectivity index (χ1v) is 14.6. The largest absolute Gasteiger partial charge is 0.391 e. The fourth-order valence-corrected chi connectivity index (χ4v) is 12.0. The van der Waals surface area contributed by atoms with Crippen LogP contribution in [0.15, 0.2) is 12.7 Å². The van der Waals surface area contributed by atoms with Gasteiger partial charge in [-0.3, -0.25) is 0 Å². The lowest BCUT2D eigenvalue weighted by Gasteiger charge is -2.61. The Hall–Kier alpha value is -0.283. The van der Waals surface area contributed by atoms with Gasteiger partial charge < -0.3 is 28.2 Å². The summed E-state index contributed by atoms with van der Waals surface area (Å²) in [4.78, 5) is 0. The molecule has 190 valence electrons. The summed E-state index contributed by atoms with van der Waals surface area (Å²) in [5.74, 6) is 0. The van der Waals surface area contributed by atoms with E-state index >= 15 is 0 Å². The van der Waals surface area contributed by atoms with Gasteiger partial charge in [-0.1, -0.05) is 47.6 Å². The molecule has 4 saturated heterocycles. The van der Waals surface area contributed by atoms with E-state index < -0.39 is 25.9 Å². The lowest BCUT2D eigenvalue weighted by Crippen LogP contribution is -2.71. The molecule has 2 unspecified atom stereocenters. The summed E-state index contributed by atoms with van der Waals surface area (Å²) >= 11 is 0. The zero-order chi connectivity index (χ0) is 24.4. The number of aliphatic hydroxyl groups is 1. The zero-order valence-corrected chi connectivity index (χ0v) is 23.0. The van der Waals surface area contributed by atoms with E-state index in [0.717, 1.165) is 19.3 Å². The van der Waals surface area contributed by atoms with Crippen molar-refractivity contribution in [3.8, 4) is 0 Å². The fraction of sp³-hybridized carbons (Fsp3) is 0.923. The molecule has 0 aromatic rings. The molecular formula is C26H46O6Si. The first-order chi connectivity index (χ1) is 15.1. The molecule has 4 aliphatic rings. The average Bonchev–Trinajstić information content (AvgIpc) is 2.78. The van der Waals surface area contributed by atoms with Crippen LogP contribution >= 0.6 is 0 Å². The molecule has 4 rings (SSSR count). The van der Waals surface area contributed by atoms with E-state index in [4.69, 9.17) is 23.1 Å². The van der Waals surface area contributed by atoms with E-state index in [1.165, 1.54) is 0 Å². The van der Waals surface area contributed by atoms with Crippen LogP contribution in [-0.2, 0) is 23.1 Å². The molecule has 7 heteroatoms. The number of fused-ring (bicyclic) bond motifs is 3. The fourth-order valence-electron chi connectivity index (χ4n) is 7.03. The Bertz CT molecular complexity index is 730. The third kappa shape index (κ3) is 4.30. The van der Waals surface area contributed by atoms with Crippen molar-refractivity contribution in [1.29, 1.82) is 0 Å². The van der Waals surface area contributed by atoms with Gasteiger partial charge in [-0.15, -0.1) is 6.58 Å². The van der Waals surface area contributed by atoms with Crippen molar-refractivity contribution in [3.05, 3.63) is 12.7 Å². The third-order valence-electron chi connectivity index (χ3n) is 8.39. The number of aliphatic hydroxyl groups excluding tert-OH is 1. The maximum absolute atomic E-state index is 10.7. The van der Waals surface area contributed by atoms with Gasteiger partial charge in [0.15, 0.2) is 0 Å². The van der Waals surface area contributed by atoms with E-state index in [0.29, 0.717) is 19.4 Å². The van der Waals surface area contributed by atoms with Gasteiger partial charge in [0, 0.05) is 22.9 Å². The minimum absolute atomic E-state index is 0.0305. The molecule has 8 atom stereocenters. The first-order valence-electron chi connectivity index (χ1n) is 12.8. The minimum Gasteiger partial charge on any atom is -0.391 e. The normalized spacial score (nSPS) is 45.8. The second kappa shape index (κ2) is 8.39. The molecule has 0 aromatic carbocycles. The van der Waals surface area contributed by atoms with E-state index in [1.54, 1.807) is 0 Å². The second-order valence-corrected chi connectivity index (χ2v) is 18.0. The molecule has 0 radical (unpaired) electrons. The van der Waals surface area contributed by atoms with E-state index in [2.05, 4.69) is 62.0 Å². The van der Waals surface area contributed by atoms with Crippen LogP contribution in [0.1, 0.15) is 87.5 Å². The van der Waals surface area contributed by atoms with Gasteiger partial charge in [-0.05, 0) is 33.1 Å². The SMILES string of the molecule is C=CCC1O[C@@]2(C)C[C@@]3(C)O[C@H]4CO[Si](C(C)(C)C)(C(C)(C)C)O[C@@H]4C[C@@H]3O[C@@H]2CCC1O. The zero-order valence-electron chi connectivity index (χ0n) is 22.0. The number of hydrogen-bond donors (Lipinski definition) is 1. The van der Waals surface area contributed by atoms with Gasteiger partial charge in [0.1, 0.15) is 6.10 Å². The Morgan fingerprint density at radius 1 is 0.970 bits per heavy atom. The summed E-state index contributed by atoms with van der Waals surface area (Å²) in [5, 5.41) is 10.5. The van der Waals surface area contributed by atoms with Gasteiger partial charge in [-0.25, -0.2) is 0 Å². The summed E-state index contributed by atoms with van der Waals surface area (Å²) in [5.41, 5.74) is -1.01. The lowest BCUT2D eigenvalue weighted by atomic mass is 9.74. The van der Waals surface area contributed by atoms with Gasteiger partial charge >= 0.3 is 8.56 Å². The molecule has 0 amide bonds. The highest BCUT2D eigenvalue weighted by Crippen LogP contribution is 2.57. The van der Waals surface area contributed by atoms with Crippen LogP contribution in [0.25, 0.3) is 0 Å². The summed E-state index contributed by atoms with van der Waals surface area (Å²) in [7, 11) is -2.56. The summed E-state index contributed by atoms with van der Waals surface area (Å²) < 4.78 is 33.7. The van der Waals surface area contributed by atoms with Crippen molar-refractivity contribution in [2.24, 2.45) is 0 Å². The molecule has 33 heavy (non-hydrogen) atoms. The van der Waals surface area contributed by atoms with Gasteiger partial charge in [0.25, 0.3) is 0 Å². The molecule has 0 aliphatic carbocycles. The predicted octanol–water partition coefficient (Wildman–Crippen LogP) is 5.02. The smallest absolute Gasteiger partial charge is 0.349 e. The van der Waals surface area contributed by atoms with Crippen molar-refractivity contribution < 1.29 is 28.2 Å². The van der Waals surface area contributed by atoms with Crippen molar-refractivity contribution in [2.45, 2.75) is 145 Å². The van der Waals surface area contributed by atoms with Crippen LogP contribution in [0.2, 0.25) is 10.1 Å².